The van der Waals surface area contributed by atoms with Gasteiger partial charge in [-0.05, 0) is 0 Å². The van der Waals surface area contributed by atoms with Crippen LogP contribution in [-0.2, 0) is 10.4 Å². The SMILES string of the molecule is O=C(O)O.O=S(=O)(O)O.[KH]. The van der Waals surface area contributed by atoms with Crippen LogP contribution >= 0.6 is 0 Å². The average molecular weight is 200 g/mol. The Morgan fingerprint density at radius 2 is 1.10 bits per heavy atom. The zero-order valence-corrected chi connectivity index (χ0v) is 4.74. The maximum absolute atomic E-state index is 8.74. The van der Waals surface area contributed by atoms with Crippen molar-refractivity contribution in [3.05, 3.63) is 0 Å². The van der Waals surface area contributed by atoms with Crippen LogP contribution in [0, 0.1) is 0 Å². The minimum absolute atomic E-state index is 0. The van der Waals surface area contributed by atoms with E-state index in [0.29, 0.717) is 0 Å². The van der Waals surface area contributed by atoms with Gasteiger partial charge in [0.15, 0.2) is 0 Å². The fourth-order valence-electron chi connectivity index (χ4n) is 0. The van der Waals surface area contributed by atoms with Crippen molar-refractivity contribution >= 4 is 67.9 Å². The Morgan fingerprint density at radius 1 is 1.10 bits per heavy atom. The molecule has 0 fully saturated rings. The standard InChI is InChI=1S/CH2O3.K.H2O4S.H/c2-1(3)4;;1-5(2,3)4;/h(H2,2,3,4);;(H2,1,2,3,4);. The van der Waals surface area contributed by atoms with E-state index in [9.17, 15) is 0 Å². The van der Waals surface area contributed by atoms with Crippen LogP contribution < -0.4 is 0 Å². The third-order valence-corrected chi connectivity index (χ3v) is 0. The van der Waals surface area contributed by atoms with Crippen LogP contribution in [0.25, 0.3) is 0 Å². The molecule has 0 unspecified atom stereocenters. The van der Waals surface area contributed by atoms with E-state index in [-0.39, 0.29) is 51.4 Å². The molecule has 0 rings (SSSR count). The van der Waals surface area contributed by atoms with Gasteiger partial charge in [0.1, 0.15) is 0 Å². The summed E-state index contributed by atoms with van der Waals surface area (Å²) in [6.07, 6.45) is -1.83. The third-order valence-electron chi connectivity index (χ3n) is 0. The molecular formula is CH5KO7S. The van der Waals surface area contributed by atoms with Crippen molar-refractivity contribution in [2.24, 2.45) is 0 Å². The van der Waals surface area contributed by atoms with Gasteiger partial charge in [0, 0.05) is 0 Å². The summed E-state index contributed by atoms with van der Waals surface area (Å²) in [6, 6.07) is 0. The molecule has 4 N–H and O–H groups in total. The third kappa shape index (κ3) is 881. The molecular weight excluding hydrogens is 195 g/mol. The fourth-order valence-corrected chi connectivity index (χ4v) is 0. The van der Waals surface area contributed by atoms with Crippen LogP contribution in [0.2, 0.25) is 0 Å². The molecule has 0 saturated carbocycles. The van der Waals surface area contributed by atoms with E-state index in [1.165, 1.54) is 0 Å². The molecule has 0 amide bonds. The molecule has 0 aromatic heterocycles. The van der Waals surface area contributed by atoms with Crippen molar-refractivity contribution < 1.29 is 32.5 Å². The van der Waals surface area contributed by atoms with Gasteiger partial charge in [-0.2, -0.15) is 8.42 Å². The Kier molecular flexibility index (Phi) is 13.4. The number of carbonyl (C=O) groups is 1. The summed E-state index contributed by atoms with van der Waals surface area (Å²) < 4.78 is 31.6. The van der Waals surface area contributed by atoms with Crippen LogP contribution in [0.3, 0.4) is 0 Å². The Labute approximate surface area is 99.0 Å². The predicted octanol–water partition coefficient (Wildman–Crippen LogP) is -1.08. The summed E-state index contributed by atoms with van der Waals surface area (Å²) in [5.74, 6) is 0. The molecule has 0 radical (unpaired) electrons. The van der Waals surface area contributed by atoms with Crippen LogP contribution in [0.15, 0.2) is 0 Å². The van der Waals surface area contributed by atoms with Gasteiger partial charge in [0.25, 0.3) is 0 Å². The molecule has 0 atom stereocenters. The van der Waals surface area contributed by atoms with Crippen molar-refractivity contribution in [2.45, 2.75) is 0 Å². The van der Waals surface area contributed by atoms with Crippen LogP contribution in [0.4, 0.5) is 4.79 Å². The van der Waals surface area contributed by atoms with E-state index < -0.39 is 16.6 Å². The molecule has 0 aliphatic rings. The Hall–Kier alpha value is 0.776. The van der Waals surface area contributed by atoms with Gasteiger partial charge in [-0.15, -0.1) is 0 Å². The molecule has 0 aromatic rings. The molecule has 0 aliphatic carbocycles. The molecule has 0 bridgehead atoms. The van der Waals surface area contributed by atoms with Gasteiger partial charge in [-0.25, -0.2) is 4.79 Å². The van der Waals surface area contributed by atoms with E-state index in [0.717, 1.165) is 0 Å². The molecule has 7 nitrogen and oxygen atoms in total. The van der Waals surface area contributed by atoms with Crippen molar-refractivity contribution in [1.82, 2.24) is 0 Å². The molecule has 0 spiro atoms. The van der Waals surface area contributed by atoms with Gasteiger partial charge in [0.2, 0.25) is 0 Å². The van der Waals surface area contributed by atoms with Gasteiger partial charge >= 0.3 is 67.9 Å². The number of hydrogen-bond donors (Lipinski definition) is 4. The first-order valence-electron chi connectivity index (χ1n) is 1.35. The molecule has 0 heterocycles. The van der Waals surface area contributed by atoms with Crippen molar-refractivity contribution in [3.63, 3.8) is 0 Å². The first-order chi connectivity index (χ1) is 3.73. The van der Waals surface area contributed by atoms with Crippen LogP contribution in [0.5, 0.6) is 0 Å². The van der Waals surface area contributed by atoms with Gasteiger partial charge in [-0.3, -0.25) is 9.11 Å². The van der Waals surface area contributed by atoms with Crippen LogP contribution in [-0.4, -0.2) is 85.3 Å². The Morgan fingerprint density at radius 3 is 1.10 bits per heavy atom. The Balaban J connectivity index is -0.0000000910. The average Bonchev–Trinajstić information content (AvgIpc) is 1.19. The summed E-state index contributed by atoms with van der Waals surface area (Å²) in [4.78, 5) is 8.56. The van der Waals surface area contributed by atoms with E-state index in [2.05, 4.69) is 0 Å². The molecule has 0 saturated heterocycles. The minimum atomic E-state index is -4.67. The van der Waals surface area contributed by atoms with E-state index in [1.807, 2.05) is 0 Å². The first-order valence-corrected chi connectivity index (χ1v) is 2.75. The maximum atomic E-state index is 8.74. The summed E-state index contributed by atoms with van der Waals surface area (Å²) in [6.45, 7) is 0. The normalized spacial score (nSPS) is 8.20. The first kappa shape index (κ1) is 17.0. The quantitative estimate of drug-likeness (QED) is 0.289. The summed E-state index contributed by atoms with van der Waals surface area (Å²) in [7, 11) is -4.67. The molecule has 10 heavy (non-hydrogen) atoms. The summed E-state index contributed by atoms with van der Waals surface area (Å²) >= 11 is 0. The predicted molar refractivity (Wildman–Crippen MR) is 32.0 cm³/mol. The van der Waals surface area contributed by atoms with Gasteiger partial charge in [0.05, 0.1) is 0 Å². The number of hydrogen-bond acceptors (Lipinski definition) is 3. The van der Waals surface area contributed by atoms with Crippen molar-refractivity contribution in [2.75, 3.05) is 0 Å². The van der Waals surface area contributed by atoms with E-state index in [1.54, 1.807) is 0 Å². The molecule has 0 aromatic carbocycles. The van der Waals surface area contributed by atoms with Crippen LogP contribution in [0.1, 0.15) is 0 Å². The fraction of sp³-hybridized carbons (Fsp3) is 0. The second kappa shape index (κ2) is 7.88. The van der Waals surface area contributed by atoms with E-state index >= 15 is 0 Å². The number of rotatable bonds is 0. The van der Waals surface area contributed by atoms with Crippen molar-refractivity contribution in [3.8, 4) is 0 Å². The van der Waals surface area contributed by atoms with E-state index in [4.69, 9.17) is 32.5 Å². The zero-order chi connectivity index (χ0) is 8.08. The van der Waals surface area contributed by atoms with Gasteiger partial charge in [-0.1, -0.05) is 0 Å². The molecule has 0 aliphatic heterocycles. The summed E-state index contributed by atoms with van der Waals surface area (Å²) in [5, 5.41) is 13.9. The molecule has 58 valence electrons. The molecule has 9 heteroatoms. The van der Waals surface area contributed by atoms with Crippen molar-refractivity contribution in [1.29, 1.82) is 0 Å². The topological polar surface area (TPSA) is 132 Å². The zero-order valence-electron chi connectivity index (χ0n) is 3.92. The second-order valence-corrected chi connectivity index (χ2v) is 1.63. The van der Waals surface area contributed by atoms with Gasteiger partial charge < -0.3 is 10.2 Å². The monoisotopic (exact) mass is 200 g/mol. The number of carboxylic acid groups (broad SMARTS) is 2. The summed E-state index contributed by atoms with van der Waals surface area (Å²) in [5.41, 5.74) is 0. The second-order valence-electron chi connectivity index (χ2n) is 0.730. The Bertz CT molecular complexity index is 156.